The van der Waals surface area contributed by atoms with E-state index in [0.717, 1.165) is 16.8 Å². The van der Waals surface area contributed by atoms with Crippen LogP contribution in [0.2, 0.25) is 0 Å². The third-order valence-corrected chi connectivity index (χ3v) is 4.50. The molecular formula is C24H19FN4O. The molecule has 30 heavy (non-hydrogen) atoms. The Bertz CT molecular complexity index is 1150. The van der Waals surface area contributed by atoms with Crippen LogP contribution < -0.4 is 10.6 Å². The zero-order valence-corrected chi connectivity index (χ0v) is 16.0. The predicted octanol–water partition coefficient (Wildman–Crippen LogP) is 4.96. The van der Waals surface area contributed by atoms with Crippen molar-refractivity contribution in [2.24, 2.45) is 0 Å². The molecule has 4 rings (SSSR count). The second-order valence-electron chi connectivity index (χ2n) is 6.67. The van der Waals surface area contributed by atoms with E-state index >= 15 is 0 Å². The molecule has 0 saturated carbocycles. The first kappa shape index (κ1) is 19.3. The van der Waals surface area contributed by atoms with E-state index in [0.29, 0.717) is 23.6 Å². The van der Waals surface area contributed by atoms with Gasteiger partial charge >= 0.3 is 0 Å². The number of benzene rings is 3. The van der Waals surface area contributed by atoms with Crippen LogP contribution in [-0.2, 0) is 6.54 Å². The van der Waals surface area contributed by atoms with Crippen molar-refractivity contribution in [1.29, 1.82) is 0 Å². The van der Waals surface area contributed by atoms with Crippen LogP contribution in [0.5, 0.6) is 0 Å². The van der Waals surface area contributed by atoms with E-state index in [9.17, 15) is 9.18 Å². The van der Waals surface area contributed by atoms with Crippen LogP contribution in [0.25, 0.3) is 11.3 Å². The number of rotatable bonds is 6. The molecule has 1 amide bonds. The second kappa shape index (κ2) is 8.96. The van der Waals surface area contributed by atoms with Crippen molar-refractivity contribution in [3.8, 4) is 11.3 Å². The summed E-state index contributed by atoms with van der Waals surface area (Å²) in [5, 5.41) is 6.11. The number of amides is 1. The van der Waals surface area contributed by atoms with Gasteiger partial charge in [-0.3, -0.25) is 4.79 Å². The zero-order chi connectivity index (χ0) is 20.8. The Balaban J connectivity index is 1.46. The van der Waals surface area contributed by atoms with Crippen molar-refractivity contribution < 1.29 is 9.18 Å². The molecule has 148 valence electrons. The lowest BCUT2D eigenvalue weighted by molar-refractivity contribution is 0.0951. The van der Waals surface area contributed by atoms with E-state index in [2.05, 4.69) is 20.6 Å². The van der Waals surface area contributed by atoms with Crippen molar-refractivity contribution in [3.63, 3.8) is 0 Å². The molecule has 0 saturated heterocycles. The molecule has 0 aliphatic heterocycles. The minimum atomic E-state index is -0.298. The van der Waals surface area contributed by atoms with Gasteiger partial charge in [-0.15, -0.1) is 0 Å². The maximum absolute atomic E-state index is 13.1. The van der Waals surface area contributed by atoms with Gasteiger partial charge in [0.2, 0.25) is 0 Å². The van der Waals surface area contributed by atoms with Gasteiger partial charge in [-0.25, -0.2) is 14.4 Å². The first-order valence-electron chi connectivity index (χ1n) is 9.44. The van der Waals surface area contributed by atoms with Gasteiger partial charge in [0, 0.05) is 29.4 Å². The lowest BCUT2D eigenvalue weighted by atomic mass is 10.1. The molecule has 0 fully saturated rings. The van der Waals surface area contributed by atoms with Crippen molar-refractivity contribution >= 4 is 17.4 Å². The van der Waals surface area contributed by atoms with Gasteiger partial charge in [0.15, 0.2) is 0 Å². The van der Waals surface area contributed by atoms with Gasteiger partial charge in [-0.05, 0) is 48.0 Å². The first-order valence-corrected chi connectivity index (χ1v) is 9.44. The minimum absolute atomic E-state index is 0.155. The van der Waals surface area contributed by atoms with Crippen LogP contribution in [0, 0.1) is 5.82 Å². The number of hydrogen-bond donors (Lipinski definition) is 2. The van der Waals surface area contributed by atoms with E-state index in [1.807, 2.05) is 42.5 Å². The summed E-state index contributed by atoms with van der Waals surface area (Å²) in [5.74, 6) is 0.122. The number of aromatic nitrogens is 2. The van der Waals surface area contributed by atoms with Gasteiger partial charge in [0.05, 0.1) is 5.69 Å². The van der Waals surface area contributed by atoms with E-state index in [1.54, 1.807) is 30.3 Å². The molecule has 0 aliphatic carbocycles. The highest BCUT2D eigenvalue weighted by Crippen LogP contribution is 2.22. The molecule has 1 aromatic heterocycles. The van der Waals surface area contributed by atoms with Crippen LogP contribution in [0.4, 0.5) is 15.9 Å². The maximum atomic E-state index is 13.1. The largest absolute Gasteiger partial charge is 0.348 e. The fraction of sp³-hybridized carbons (Fsp3) is 0.0417. The number of halogens is 1. The summed E-state index contributed by atoms with van der Waals surface area (Å²) in [4.78, 5) is 21.0. The number of carbonyl (C=O) groups is 1. The Labute approximate surface area is 173 Å². The Morgan fingerprint density at radius 3 is 2.47 bits per heavy atom. The Kier molecular flexibility index (Phi) is 5.75. The molecule has 0 spiro atoms. The SMILES string of the molecule is O=C(NCc1ccccc1)c1cccc(Nc2cc(-c3ccc(F)cc3)ncn2)c1. The van der Waals surface area contributed by atoms with Crippen molar-refractivity contribution in [2.75, 3.05) is 5.32 Å². The van der Waals surface area contributed by atoms with E-state index in [1.165, 1.54) is 18.5 Å². The van der Waals surface area contributed by atoms with E-state index in [-0.39, 0.29) is 11.7 Å². The molecular weight excluding hydrogens is 379 g/mol. The summed E-state index contributed by atoms with van der Waals surface area (Å²) >= 11 is 0. The van der Waals surface area contributed by atoms with Gasteiger partial charge in [0.25, 0.3) is 5.91 Å². The molecule has 5 nitrogen and oxygen atoms in total. The molecule has 0 unspecified atom stereocenters. The number of hydrogen-bond acceptors (Lipinski definition) is 4. The van der Waals surface area contributed by atoms with Crippen molar-refractivity contribution in [3.05, 3.63) is 108 Å². The number of anilines is 2. The fourth-order valence-corrected chi connectivity index (χ4v) is 2.97. The Morgan fingerprint density at radius 2 is 1.67 bits per heavy atom. The van der Waals surface area contributed by atoms with Crippen molar-refractivity contribution in [2.45, 2.75) is 6.54 Å². The van der Waals surface area contributed by atoms with Crippen LogP contribution in [0.15, 0.2) is 91.3 Å². The topological polar surface area (TPSA) is 66.9 Å². The Morgan fingerprint density at radius 1 is 0.867 bits per heavy atom. The average molecular weight is 398 g/mol. The fourth-order valence-electron chi connectivity index (χ4n) is 2.97. The molecule has 0 atom stereocenters. The highest BCUT2D eigenvalue weighted by atomic mass is 19.1. The molecule has 1 heterocycles. The summed E-state index contributed by atoms with van der Waals surface area (Å²) in [7, 11) is 0. The van der Waals surface area contributed by atoms with Gasteiger partial charge in [-0.2, -0.15) is 0 Å². The predicted molar refractivity (Wildman–Crippen MR) is 115 cm³/mol. The van der Waals surface area contributed by atoms with Crippen LogP contribution in [0.1, 0.15) is 15.9 Å². The quantitative estimate of drug-likeness (QED) is 0.482. The summed E-state index contributed by atoms with van der Waals surface area (Å²) in [6, 6.07) is 24.8. The van der Waals surface area contributed by atoms with E-state index in [4.69, 9.17) is 0 Å². The van der Waals surface area contributed by atoms with Crippen molar-refractivity contribution in [1.82, 2.24) is 15.3 Å². The van der Waals surface area contributed by atoms with Crippen LogP contribution in [0.3, 0.4) is 0 Å². The summed E-state index contributed by atoms with van der Waals surface area (Å²) in [5.41, 5.74) is 3.77. The van der Waals surface area contributed by atoms with E-state index < -0.39 is 0 Å². The molecule has 0 bridgehead atoms. The third-order valence-electron chi connectivity index (χ3n) is 4.50. The lowest BCUT2D eigenvalue weighted by Gasteiger charge is -2.10. The van der Waals surface area contributed by atoms with Crippen LogP contribution in [-0.4, -0.2) is 15.9 Å². The summed E-state index contributed by atoms with van der Waals surface area (Å²) in [6.45, 7) is 0.463. The smallest absolute Gasteiger partial charge is 0.251 e. The number of nitrogens with one attached hydrogen (secondary N) is 2. The third kappa shape index (κ3) is 4.86. The zero-order valence-electron chi connectivity index (χ0n) is 16.0. The maximum Gasteiger partial charge on any atom is 0.251 e. The highest BCUT2D eigenvalue weighted by molar-refractivity contribution is 5.95. The molecule has 0 radical (unpaired) electrons. The minimum Gasteiger partial charge on any atom is -0.348 e. The molecule has 2 N–H and O–H groups in total. The second-order valence-corrected chi connectivity index (χ2v) is 6.67. The molecule has 3 aromatic carbocycles. The standard InChI is InChI=1S/C24H19FN4O/c25-20-11-9-18(10-12-20)22-14-23(28-16-27-22)29-21-8-4-7-19(13-21)24(30)26-15-17-5-2-1-3-6-17/h1-14,16H,15H2,(H,26,30)(H,27,28,29). The summed E-state index contributed by atoms with van der Waals surface area (Å²) < 4.78 is 13.1. The first-order chi connectivity index (χ1) is 14.7. The molecule has 4 aromatic rings. The normalized spacial score (nSPS) is 10.4. The number of nitrogens with zero attached hydrogens (tertiary/aromatic N) is 2. The van der Waals surface area contributed by atoms with Gasteiger partial charge < -0.3 is 10.6 Å². The average Bonchev–Trinajstić information content (AvgIpc) is 2.79. The highest BCUT2D eigenvalue weighted by Gasteiger charge is 2.08. The lowest BCUT2D eigenvalue weighted by Crippen LogP contribution is -2.22. The molecule has 0 aliphatic rings. The summed E-state index contributed by atoms with van der Waals surface area (Å²) in [6.07, 6.45) is 1.44. The van der Waals surface area contributed by atoms with Gasteiger partial charge in [-0.1, -0.05) is 36.4 Å². The number of carbonyl (C=O) groups excluding carboxylic acids is 1. The monoisotopic (exact) mass is 398 g/mol. The Hall–Kier alpha value is -4.06. The molecule has 6 heteroatoms. The van der Waals surface area contributed by atoms with Gasteiger partial charge in [0.1, 0.15) is 18.0 Å². The van der Waals surface area contributed by atoms with Crippen LogP contribution >= 0.6 is 0 Å².